The number of hydrogen-bond donors (Lipinski definition) is 1. The van der Waals surface area contributed by atoms with Crippen molar-refractivity contribution < 1.29 is 9.84 Å². The molecule has 0 saturated heterocycles. The molecule has 3 aromatic rings. The van der Waals surface area contributed by atoms with Crippen LogP contribution in [-0.4, -0.2) is 19.9 Å². The second-order valence-corrected chi connectivity index (χ2v) is 5.87. The molecule has 1 N–H and O–H groups in total. The van der Waals surface area contributed by atoms with E-state index in [2.05, 4.69) is 10.2 Å². The highest BCUT2D eigenvalue weighted by molar-refractivity contribution is 7.98. The Balaban J connectivity index is 1.74. The summed E-state index contributed by atoms with van der Waals surface area (Å²) in [5.74, 6) is 2.91. The molecule has 1 aromatic heterocycles. The van der Waals surface area contributed by atoms with Crippen LogP contribution in [0, 0.1) is 0 Å². The van der Waals surface area contributed by atoms with E-state index in [0.29, 0.717) is 11.6 Å². The molecule has 0 aliphatic carbocycles. The molecule has 0 atom stereocenters. The maximum Gasteiger partial charge on any atom is 0.191 e. The summed E-state index contributed by atoms with van der Waals surface area (Å²) in [6.45, 7) is -0.113. The van der Waals surface area contributed by atoms with Crippen molar-refractivity contribution in [2.24, 2.45) is 7.05 Å². The van der Waals surface area contributed by atoms with Gasteiger partial charge in [-0.2, -0.15) is 0 Å². The van der Waals surface area contributed by atoms with Crippen molar-refractivity contribution in [3.63, 3.8) is 0 Å². The quantitative estimate of drug-likeness (QED) is 0.703. The first-order valence-electron chi connectivity index (χ1n) is 7.20. The molecule has 2 aromatic carbocycles. The Morgan fingerprint density at radius 3 is 2.52 bits per heavy atom. The van der Waals surface area contributed by atoms with Gasteiger partial charge in [-0.15, -0.1) is 10.2 Å². The van der Waals surface area contributed by atoms with Crippen molar-refractivity contribution in [3.05, 3.63) is 66.0 Å². The molecule has 0 aliphatic rings. The lowest BCUT2D eigenvalue weighted by atomic mass is 10.2. The normalized spacial score (nSPS) is 10.7. The third-order valence-electron chi connectivity index (χ3n) is 3.37. The van der Waals surface area contributed by atoms with Gasteiger partial charge in [-0.25, -0.2) is 0 Å². The number of benzene rings is 2. The van der Waals surface area contributed by atoms with Crippen LogP contribution < -0.4 is 4.74 Å². The van der Waals surface area contributed by atoms with Gasteiger partial charge in [-0.3, -0.25) is 0 Å². The molecule has 0 spiro atoms. The summed E-state index contributed by atoms with van der Waals surface area (Å²) in [5, 5.41) is 18.0. The van der Waals surface area contributed by atoms with Gasteiger partial charge >= 0.3 is 0 Å². The standard InChI is InChI=1S/C17H17N3O2S/c1-20-16(11-21)18-19-17(20)23-12-13-7-5-6-10-15(13)22-14-8-3-2-4-9-14/h2-10,21H,11-12H2,1H3. The molecule has 5 nitrogen and oxygen atoms in total. The number of ether oxygens (including phenoxy) is 1. The maximum atomic E-state index is 9.17. The Bertz CT molecular complexity index is 775. The predicted molar refractivity (Wildman–Crippen MR) is 89.4 cm³/mol. The molecule has 0 amide bonds. The first-order valence-corrected chi connectivity index (χ1v) is 8.19. The number of hydrogen-bond acceptors (Lipinski definition) is 5. The molecule has 0 radical (unpaired) electrons. The summed E-state index contributed by atoms with van der Waals surface area (Å²) in [5.41, 5.74) is 1.08. The van der Waals surface area contributed by atoms with E-state index >= 15 is 0 Å². The zero-order valence-electron chi connectivity index (χ0n) is 12.7. The van der Waals surface area contributed by atoms with Crippen molar-refractivity contribution in [3.8, 4) is 11.5 Å². The van der Waals surface area contributed by atoms with Crippen molar-refractivity contribution in [1.82, 2.24) is 14.8 Å². The van der Waals surface area contributed by atoms with E-state index < -0.39 is 0 Å². The molecule has 23 heavy (non-hydrogen) atoms. The van der Waals surface area contributed by atoms with Gasteiger partial charge < -0.3 is 14.4 Å². The Kier molecular flexibility index (Phi) is 4.95. The number of rotatable bonds is 6. The van der Waals surface area contributed by atoms with E-state index in [1.54, 1.807) is 16.3 Å². The molecule has 1 heterocycles. The predicted octanol–water partition coefficient (Wildman–Crippen LogP) is 3.39. The Morgan fingerprint density at radius 2 is 1.78 bits per heavy atom. The Labute approximate surface area is 138 Å². The van der Waals surface area contributed by atoms with Crippen LogP contribution >= 0.6 is 11.8 Å². The average Bonchev–Trinajstić information content (AvgIpc) is 2.95. The summed E-state index contributed by atoms with van der Waals surface area (Å²) in [7, 11) is 1.85. The highest BCUT2D eigenvalue weighted by Crippen LogP contribution is 2.30. The van der Waals surface area contributed by atoms with Gasteiger partial charge in [0.05, 0.1) is 0 Å². The van der Waals surface area contributed by atoms with Gasteiger partial charge in [-0.1, -0.05) is 48.2 Å². The minimum absolute atomic E-state index is 0.113. The smallest absolute Gasteiger partial charge is 0.191 e. The van der Waals surface area contributed by atoms with Crippen LogP contribution in [0.1, 0.15) is 11.4 Å². The fraction of sp³-hybridized carbons (Fsp3) is 0.176. The SMILES string of the molecule is Cn1c(CO)nnc1SCc1ccccc1Oc1ccccc1. The summed E-state index contributed by atoms with van der Waals surface area (Å²) in [4.78, 5) is 0. The van der Waals surface area contributed by atoms with Gasteiger partial charge in [0.15, 0.2) is 11.0 Å². The average molecular weight is 327 g/mol. The number of thioether (sulfide) groups is 1. The molecule has 0 aliphatic heterocycles. The second kappa shape index (κ2) is 7.30. The maximum absolute atomic E-state index is 9.17. The van der Waals surface area contributed by atoms with E-state index in [4.69, 9.17) is 4.74 Å². The lowest BCUT2D eigenvalue weighted by molar-refractivity contribution is 0.266. The van der Waals surface area contributed by atoms with E-state index in [9.17, 15) is 5.11 Å². The Morgan fingerprint density at radius 1 is 1.04 bits per heavy atom. The van der Waals surface area contributed by atoms with Crippen LogP contribution in [0.5, 0.6) is 11.5 Å². The van der Waals surface area contributed by atoms with Crippen LogP contribution in [0.2, 0.25) is 0 Å². The van der Waals surface area contributed by atoms with Gasteiger partial charge in [-0.05, 0) is 18.2 Å². The van der Waals surface area contributed by atoms with Crippen molar-refractivity contribution in [2.45, 2.75) is 17.5 Å². The van der Waals surface area contributed by atoms with E-state index in [1.165, 1.54) is 0 Å². The highest BCUT2D eigenvalue weighted by Gasteiger charge is 2.10. The van der Waals surface area contributed by atoms with E-state index in [1.807, 2.05) is 61.6 Å². The minimum Gasteiger partial charge on any atom is -0.457 e. The fourth-order valence-electron chi connectivity index (χ4n) is 2.09. The van der Waals surface area contributed by atoms with Crippen LogP contribution in [0.3, 0.4) is 0 Å². The van der Waals surface area contributed by atoms with Crippen molar-refractivity contribution in [2.75, 3.05) is 0 Å². The molecular weight excluding hydrogens is 310 g/mol. The van der Waals surface area contributed by atoms with Crippen molar-refractivity contribution >= 4 is 11.8 Å². The van der Waals surface area contributed by atoms with E-state index in [-0.39, 0.29) is 6.61 Å². The third-order valence-corrected chi connectivity index (χ3v) is 4.44. The zero-order valence-corrected chi connectivity index (χ0v) is 13.5. The molecule has 0 fully saturated rings. The summed E-state index contributed by atoms with van der Waals surface area (Å²) in [6, 6.07) is 17.7. The summed E-state index contributed by atoms with van der Waals surface area (Å²) < 4.78 is 7.76. The fourth-order valence-corrected chi connectivity index (χ4v) is 3.01. The van der Waals surface area contributed by atoms with Gasteiger partial charge in [0.1, 0.15) is 18.1 Å². The molecule has 0 unspecified atom stereocenters. The van der Waals surface area contributed by atoms with Crippen LogP contribution in [-0.2, 0) is 19.4 Å². The number of para-hydroxylation sites is 2. The zero-order chi connectivity index (χ0) is 16.1. The van der Waals surface area contributed by atoms with Crippen LogP contribution in [0.4, 0.5) is 0 Å². The second-order valence-electron chi connectivity index (χ2n) is 4.93. The molecule has 0 saturated carbocycles. The lowest BCUT2D eigenvalue weighted by Gasteiger charge is -2.10. The summed E-state index contributed by atoms with van der Waals surface area (Å²) in [6.07, 6.45) is 0. The molecular formula is C17H17N3O2S. The topological polar surface area (TPSA) is 60.2 Å². The molecule has 118 valence electrons. The summed E-state index contributed by atoms with van der Waals surface area (Å²) >= 11 is 1.56. The lowest BCUT2D eigenvalue weighted by Crippen LogP contribution is -1.98. The highest BCUT2D eigenvalue weighted by atomic mass is 32.2. The van der Waals surface area contributed by atoms with E-state index in [0.717, 1.165) is 22.2 Å². The number of aromatic nitrogens is 3. The number of aliphatic hydroxyl groups excluding tert-OH is 1. The van der Waals surface area contributed by atoms with Gasteiger partial charge in [0.25, 0.3) is 0 Å². The third kappa shape index (κ3) is 3.72. The largest absolute Gasteiger partial charge is 0.457 e. The molecule has 0 bridgehead atoms. The minimum atomic E-state index is -0.113. The molecule has 6 heteroatoms. The molecule has 3 rings (SSSR count). The van der Waals surface area contributed by atoms with Gasteiger partial charge in [0.2, 0.25) is 0 Å². The van der Waals surface area contributed by atoms with Crippen LogP contribution in [0.25, 0.3) is 0 Å². The van der Waals surface area contributed by atoms with Gasteiger partial charge in [0, 0.05) is 18.4 Å². The first kappa shape index (κ1) is 15.6. The monoisotopic (exact) mass is 327 g/mol. The van der Waals surface area contributed by atoms with Crippen LogP contribution in [0.15, 0.2) is 59.8 Å². The number of nitrogens with zero attached hydrogens (tertiary/aromatic N) is 3. The number of aliphatic hydroxyl groups is 1. The van der Waals surface area contributed by atoms with Crippen molar-refractivity contribution in [1.29, 1.82) is 0 Å². The Hall–Kier alpha value is -2.31. The first-order chi connectivity index (χ1) is 11.3.